The minimum atomic E-state index is -0.319. The highest BCUT2D eigenvalue weighted by molar-refractivity contribution is 7.12. The fourth-order valence-electron chi connectivity index (χ4n) is 3.59. The molecule has 33 heavy (non-hydrogen) atoms. The molecule has 0 bridgehead atoms. The number of anilines is 1. The monoisotopic (exact) mass is 469 g/mol. The van der Waals surface area contributed by atoms with Crippen molar-refractivity contribution in [3.05, 3.63) is 64.2 Å². The van der Waals surface area contributed by atoms with Gasteiger partial charge in [0.2, 0.25) is 0 Å². The Morgan fingerprint density at radius 3 is 2.18 bits per heavy atom. The maximum atomic E-state index is 13.4. The third kappa shape index (κ3) is 4.70. The number of methoxy groups -OCH3 is 2. The van der Waals surface area contributed by atoms with Crippen LogP contribution in [-0.2, 0) is 0 Å². The topological polar surface area (TPSA) is 101 Å². The van der Waals surface area contributed by atoms with Crippen molar-refractivity contribution in [3.8, 4) is 11.5 Å². The van der Waals surface area contributed by atoms with Crippen LogP contribution in [0.25, 0.3) is 0 Å². The summed E-state index contributed by atoms with van der Waals surface area (Å²) >= 11 is 1.30. The molecule has 3 amide bonds. The van der Waals surface area contributed by atoms with Crippen LogP contribution in [0.2, 0.25) is 0 Å². The van der Waals surface area contributed by atoms with Crippen LogP contribution in [0.3, 0.4) is 0 Å². The summed E-state index contributed by atoms with van der Waals surface area (Å²) in [6, 6.07) is 9.91. The number of benzene rings is 1. The molecule has 0 unspecified atom stereocenters. The van der Waals surface area contributed by atoms with Crippen molar-refractivity contribution in [1.82, 2.24) is 9.80 Å². The van der Waals surface area contributed by atoms with E-state index in [1.165, 1.54) is 31.8 Å². The van der Waals surface area contributed by atoms with Gasteiger partial charge in [0.05, 0.1) is 36.6 Å². The van der Waals surface area contributed by atoms with Crippen LogP contribution in [0.1, 0.15) is 30.6 Å². The Balaban J connectivity index is 1.54. The molecule has 1 aromatic carbocycles. The maximum absolute atomic E-state index is 13.4. The molecule has 0 saturated carbocycles. The van der Waals surface area contributed by atoms with Crippen LogP contribution in [0.15, 0.2) is 52.5 Å². The molecule has 1 aliphatic heterocycles. The van der Waals surface area contributed by atoms with E-state index >= 15 is 0 Å². The molecule has 3 aromatic rings. The lowest BCUT2D eigenvalue weighted by atomic mass is 10.1. The van der Waals surface area contributed by atoms with Crippen LogP contribution in [-0.4, -0.2) is 67.9 Å². The summed E-state index contributed by atoms with van der Waals surface area (Å²) < 4.78 is 15.9. The molecule has 1 N–H and O–H groups in total. The number of rotatable bonds is 6. The molecular formula is C23H23N3O6S. The minimum absolute atomic E-state index is 0.206. The van der Waals surface area contributed by atoms with E-state index in [4.69, 9.17) is 13.9 Å². The Morgan fingerprint density at radius 2 is 1.61 bits per heavy atom. The molecule has 2 aromatic heterocycles. The van der Waals surface area contributed by atoms with Gasteiger partial charge in [0.25, 0.3) is 17.7 Å². The molecule has 0 radical (unpaired) electrons. The zero-order valence-electron chi connectivity index (χ0n) is 18.2. The summed E-state index contributed by atoms with van der Waals surface area (Å²) in [5, 5.41) is 4.62. The van der Waals surface area contributed by atoms with Crippen molar-refractivity contribution in [3.63, 3.8) is 0 Å². The summed E-state index contributed by atoms with van der Waals surface area (Å²) in [6.45, 7) is 1.43. The van der Waals surface area contributed by atoms with Gasteiger partial charge in [0.1, 0.15) is 0 Å². The third-order valence-corrected chi connectivity index (χ3v) is 6.20. The summed E-state index contributed by atoms with van der Waals surface area (Å²) in [7, 11) is 2.97. The van der Waals surface area contributed by atoms with Gasteiger partial charge in [0.15, 0.2) is 17.3 Å². The van der Waals surface area contributed by atoms with E-state index in [0.29, 0.717) is 48.2 Å². The van der Waals surface area contributed by atoms with Gasteiger partial charge < -0.3 is 29.0 Å². The van der Waals surface area contributed by atoms with Crippen LogP contribution < -0.4 is 14.8 Å². The number of thiophene rings is 1. The summed E-state index contributed by atoms with van der Waals surface area (Å²) in [5.74, 6) is 0.240. The number of nitrogens with one attached hydrogen (secondary N) is 1. The van der Waals surface area contributed by atoms with Gasteiger partial charge >= 0.3 is 0 Å². The largest absolute Gasteiger partial charge is 0.493 e. The number of carbonyl (C=O) groups is 3. The van der Waals surface area contributed by atoms with E-state index < -0.39 is 0 Å². The predicted molar refractivity (Wildman–Crippen MR) is 122 cm³/mol. The molecule has 172 valence electrons. The molecule has 0 aliphatic carbocycles. The van der Waals surface area contributed by atoms with Crippen LogP contribution in [0.5, 0.6) is 11.5 Å². The van der Waals surface area contributed by atoms with Gasteiger partial charge in [0, 0.05) is 32.2 Å². The number of furan rings is 1. The van der Waals surface area contributed by atoms with Crippen LogP contribution >= 0.6 is 11.3 Å². The average Bonchev–Trinajstić information content (AvgIpc) is 3.58. The third-order valence-electron chi connectivity index (χ3n) is 5.33. The summed E-state index contributed by atoms with van der Waals surface area (Å²) in [4.78, 5) is 42.4. The Labute approximate surface area is 194 Å². The fourth-order valence-corrected chi connectivity index (χ4v) is 4.21. The second kappa shape index (κ2) is 9.78. The maximum Gasteiger partial charge on any atom is 0.289 e. The molecule has 0 atom stereocenters. The quantitative estimate of drug-likeness (QED) is 0.595. The summed E-state index contributed by atoms with van der Waals surface area (Å²) in [5.41, 5.74) is 0.605. The zero-order chi connectivity index (χ0) is 23.4. The highest BCUT2D eigenvalue weighted by atomic mass is 32.1. The first kappa shape index (κ1) is 22.4. The van der Waals surface area contributed by atoms with Crippen molar-refractivity contribution in [2.24, 2.45) is 0 Å². The Morgan fingerprint density at radius 1 is 0.939 bits per heavy atom. The molecular weight excluding hydrogens is 446 g/mol. The van der Waals surface area contributed by atoms with E-state index in [1.807, 2.05) is 0 Å². The molecule has 0 spiro atoms. The van der Waals surface area contributed by atoms with Gasteiger partial charge in [-0.15, -0.1) is 11.3 Å². The lowest BCUT2D eigenvalue weighted by molar-refractivity contribution is 0.0518. The first-order valence-electron chi connectivity index (χ1n) is 10.2. The summed E-state index contributed by atoms with van der Waals surface area (Å²) in [6.07, 6.45) is 1.45. The zero-order valence-corrected chi connectivity index (χ0v) is 19.0. The van der Waals surface area contributed by atoms with Crippen molar-refractivity contribution in [1.29, 1.82) is 0 Å². The SMILES string of the molecule is COc1cc(NC(=O)c2cccs2)c(C(=O)N2CCN(C(=O)c3ccco3)CC2)cc1OC. The van der Waals surface area contributed by atoms with E-state index in [9.17, 15) is 14.4 Å². The predicted octanol–water partition coefficient (Wildman–Crippen LogP) is 3.21. The van der Waals surface area contributed by atoms with Crippen molar-refractivity contribution >= 4 is 34.7 Å². The van der Waals surface area contributed by atoms with Crippen molar-refractivity contribution in [2.75, 3.05) is 45.7 Å². The van der Waals surface area contributed by atoms with E-state index in [1.54, 1.807) is 51.6 Å². The molecule has 10 heteroatoms. The molecule has 4 rings (SSSR count). The number of amides is 3. The fraction of sp³-hybridized carbons (Fsp3) is 0.261. The lowest BCUT2D eigenvalue weighted by Crippen LogP contribution is -2.50. The highest BCUT2D eigenvalue weighted by Gasteiger charge is 2.29. The second-order valence-corrected chi connectivity index (χ2v) is 8.19. The minimum Gasteiger partial charge on any atom is -0.493 e. The first-order valence-corrected chi connectivity index (χ1v) is 11.1. The Bertz CT molecular complexity index is 1140. The number of ether oxygens (including phenoxy) is 2. The Hall–Kier alpha value is -3.79. The molecule has 1 aliphatic rings. The van der Waals surface area contributed by atoms with Gasteiger partial charge in [-0.2, -0.15) is 0 Å². The van der Waals surface area contributed by atoms with Gasteiger partial charge in [-0.25, -0.2) is 0 Å². The second-order valence-electron chi connectivity index (χ2n) is 7.25. The smallest absolute Gasteiger partial charge is 0.289 e. The normalized spacial score (nSPS) is 13.5. The highest BCUT2D eigenvalue weighted by Crippen LogP contribution is 2.34. The van der Waals surface area contributed by atoms with E-state index in [-0.39, 0.29) is 29.0 Å². The lowest BCUT2D eigenvalue weighted by Gasteiger charge is -2.34. The van der Waals surface area contributed by atoms with Gasteiger partial charge in [-0.3, -0.25) is 14.4 Å². The number of hydrogen-bond acceptors (Lipinski definition) is 7. The van der Waals surface area contributed by atoms with Gasteiger partial charge in [-0.05, 0) is 29.6 Å². The molecule has 3 heterocycles. The van der Waals surface area contributed by atoms with E-state index in [0.717, 1.165) is 0 Å². The number of hydrogen-bond donors (Lipinski definition) is 1. The first-order chi connectivity index (χ1) is 16.0. The molecule has 9 nitrogen and oxygen atoms in total. The standard InChI is InChI=1S/C23H23N3O6S/c1-30-18-13-15(16(14-19(18)31-2)24-21(27)20-6-4-12-33-20)22(28)25-7-9-26(10-8-25)23(29)17-5-3-11-32-17/h3-6,11-14H,7-10H2,1-2H3,(H,24,27). The van der Waals surface area contributed by atoms with Crippen LogP contribution in [0, 0.1) is 0 Å². The average molecular weight is 470 g/mol. The van der Waals surface area contributed by atoms with Crippen molar-refractivity contribution in [2.45, 2.75) is 0 Å². The van der Waals surface area contributed by atoms with Gasteiger partial charge in [-0.1, -0.05) is 6.07 Å². The number of piperazine rings is 1. The van der Waals surface area contributed by atoms with E-state index in [2.05, 4.69) is 5.32 Å². The Kier molecular flexibility index (Phi) is 6.64. The van der Waals surface area contributed by atoms with Crippen molar-refractivity contribution < 1.29 is 28.3 Å². The number of carbonyl (C=O) groups excluding carboxylic acids is 3. The molecule has 1 saturated heterocycles. The number of nitrogens with zero attached hydrogens (tertiary/aromatic N) is 2. The van der Waals surface area contributed by atoms with Crippen LogP contribution in [0.4, 0.5) is 5.69 Å². The molecule has 1 fully saturated rings.